The van der Waals surface area contributed by atoms with Crippen molar-refractivity contribution in [1.82, 2.24) is 0 Å². The first-order valence-electron chi connectivity index (χ1n) is 12.2. The molecule has 0 spiro atoms. The first kappa shape index (κ1) is 26.9. The summed E-state index contributed by atoms with van der Waals surface area (Å²) in [5, 5.41) is 2.13. The molecule has 0 amide bonds. The van der Waals surface area contributed by atoms with Crippen molar-refractivity contribution in [2.24, 2.45) is 5.73 Å². The fourth-order valence-corrected chi connectivity index (χ4v) is 5.07. The second-order valence-electron chi connectivity index (χ2n) is 13.5. The standard InChI is InChI=1S/C29H44NO3P/c1-26(2,3)18-13-20-21-14-19(27(4,5)6)16-23(29(10,11)12)25(21)33-34(31-17-30)32-24(20)22(15-18)28(7,8)9/h13-16H,17,30H2,1-12H3. The molecule has 2 N–H and O–H groups in total. The van der Waals surface area contributed by atoms with E-state index in [0.717, 1.165) is 33.1 Å². The van der Waals surface area contributed by atoms with Crippen LogP contribution in [0.1, 0.15) is 105 Å². The summed E-state index contributed by atoms with van der Waals surface area (Å²) in [5.41, 5.74) is 12.0. The molecule has 1 heterocycles. The Morgan fingerprint density at radius 3 is 1.24 bits per heavy atom. The van der Waals surface area contributed by atoms with E-state index in [0.29, 0.717) is 0 Å². The maximum Gasteiger partial charge on any atom is 0.388 e. The van der Waals surface area contributed by atoms with E-state index in [9.17, 15) is 0 Å². The van der Waals surface area contributed by atoms with Crippen LogP contribution < -0.4 is 10.3 Å². The molecule has 0 bridgehead atoms. The summed E-state index contributed by atoms with van der Waals surface area (Å²) in [4.78, 5) is 0. The average Bonchev–Trinajstić information content (AvgIpc) is 2.80. The number of rotatable bonds is 2. The van der Waals surface area contributed by atoms with Crippen molar-refractivity contribution in [1.29, 1.82) is 0 Å². The molecule has 0 fully saturated rings. The van der Waals surface area contributed by atoms with Gasteiger partial charge in [-0.2, -0.15) is 0 Å². The number of benzene rings is 2. The molecule has 34 heavy (non-hydrogen) atoms. The zero-order valence-corrected chi connectivity index (χ0v) is 24.2. The summed E-state index contributed by atoms with van der Waals surface area (Å²) in [6.07, 6.45) is 0. The maximum atomic E-state index is 6.54. The Morgan fingerprint density at radius 2 is 0.971 bits per heavy atom. The van der Waals surface area contributed by atoms with Crippen molar-refractivity contribution in [3.8, 4) is 0 Å². The molecule has 5 heteroatoms. The van der Waals surface area contributed by atoms with E-state index in [4.69, 9.17) is 18.7 Å². The summed E-state index contributed by atoms with van der Waals surface area (Å²) in [6.45, 7) is 26.9. The quantitative estimate of drug-likeness (QED) is 0.368. The van der Waals surface area contributed by atoms with Gasteiger partial charge in [0.05, 0.1) is 0 Å². The Morgan fingerprint density at radius 1 is 0.618 bits per heavy atom. The smallest absolute Gasteiger partial charge is 0.388 e. The molecule has 3 aromatic rings. The first-order chi connectivity index (χ1) is 15.3. The molecule has 0 aliphatic carbocycles. The number of fused-ring (bicyclic) bond motifs is 3. The van der Waals surface area contributed by atoms with E-state index < -0.39 is 8.24 Å². The fourth-order valence-electron chi connectivity index (χ4n) is 4.12. The normalized spacial score (nSPS) is 13.7. The minimum Gasteiger partial charge on any atom is -0.399 e. The zero-order chi connectivity index (χ0) is 25.9. The summed E-state index contributed by atoms with van der Waals surface area (Å²) >= 11 is 0. The molecule has 0 saturated carbocycles. The van der Waals surface area contributed by atoms with Gasteiger partial charge in [-0.1, -0.05) is 95.2 Å². The van der Waals surface area contributed by atoms with Crippen LogP contribution in [0.25, 0.3) is 21.9 Å². The molecule has 2 aromatic carbocycles. The lowest BCUT2D eigenvalue weighted by Gasteiger charge is -2.27. The van der Waals surface area contributed by atoms with E-state index in [2.05, 4.69) is 107 Å². The van der Waals surface area contributed by atoms with Crippen LogP contribution in [0.15, 0.2) is 32.7 Å². The van der Waals surface area contributed by atoms with Gasteiger partial charge in [-0.05, 0) is 44.9 Å². The van der Waals surface area contributed by atoms with Crippen LogP contribution in [-0.4, -0.2) is 6.73 Å². The lowest BCUT2D eigenvalue weighted by molar-refractivity contribution is 0.382. The monoisotopic (exact) mass is 485 g/mol. The summed E-state index contributed by atoms with van der Waals surface area (Å²) in [5.74, 6) is 0. The number of hydrogen-bond acceptors (Lipinski definition) is 4. The highest BCUT2D eigenvalue weighted by Gasteiger charge is 2.28. The van der Waals surface area contributed by atoms with Crippen molar-refractivity contribution < 1.29 is 12.9 Å². The highest BCUT2D eigenvalue weighted by atomic mass is 31.1. The van der Waals surface area contributed by atoms with Crippen LogP contribution in [0.2, 0.25) is 0 Å². The minimum absolute atomic E-state index is 0.0185. The Labute approximate surface area is 206 Å². The molecule has 0 unspecified atom stereocenters. The zero-order valence-electron chi connectivity index (χ0n) is 23.3. The van der Waals surface area contributed by atoms with Crippen molar-refractivity contribution in [3.63, 3.8) is 0 Å². The third kappa shape index (κ3) is 5.40. The van der Waals surface area contributed by atoms with Gasteiger partial charge in [0.2, 0.25) is 0 Å². The minimum atomic E-state index is -1.70. The Kier molecular flexibility index (Phi) is 6.90. The lowest BCUT2D eigenvalue weighted by Crippen LogP contribution is -2.17. The average molecular weight is 486 g/mol. The van der Waals surface area contributed by atoms with Crippen molar-refractivity contribution in [3.05, 3.63) is 46.5 Å². The molecular weight excluding hydrogens is 441 g/mol. The van der Waals surface area contributed by atoms with Gasteiger partial charge in [0.1, 0.15) is 17.9 Å². The van der Waals surface area contributed by atoms with Crippen LogP contribution in [0, 0.1) is 0 Å². The van der Waals surface area contributed by atoms with Gasteiger partial charge in [-0.15, -0.1) is 0 Å². The second-order valence-corrected chi connectivity index (χ2v) is 14.6. The van der Waals surface area contributed by atoms with Gasteiger partial charge in [-0.25, -0.2) is 0 Å². The molecule has 0 atom stereocenters. The van der Waals surface area contributed by atoms with Gasteiger partial charge < -0.3 is 14.1 Å². The van der Waals surface area contributed by atoms with Gasteiger partial charge >= 0.3 is 8.24 Å². The molecule has 0 saturated heterocycles. The van der Waals surface area contributed by atoms with Crippen molar-refractivity contribution in [2.75, 3.05) is 6.73 Å². The van der Waals surface area contributed by atoms with Gasteiger partial charge in [-0.3, -0.25) is 4.52 Å². The second kappa shape index (κ2) is 8.73. The number of hydrogen-bond donors (Lipinski definition) is 1. The molecule has 0 aliphatic heterocycles. The predicted molar refractivity (Wildman–Crippen MR) is 147 cm³/mol. The van der Waals surface area contributed by atoms with E-state index >= 15 is 0 Å². The molecule has 0 aliphatic rings. The fraction of sp³-hybridized carbons (Fsp3) is 0.586. The molecule has 0 radical (unpaired) electrons. The molecule has 188 valence electrons. The molecular formula is C29H44NO3P. The summed E-state index contributed by atoms with van der Waals surface area (Å²) in [7, 11) is -1.70. The lowest BCUT2D eigenvalue weighted by atomic mass is 9.77. The van der Waals surface area contributed by atoms with Crippen LogP contribution in [0.3, 0.4) is 0 Å². The Hall–Kier alpha value is -1.74. The molecule has 4 nitrogen and oxygen atoms in total. The van der Waals surface area contributed by atoms with E-state index in [1.807, 2.05) is 0 Å². The third-order valence-electron chi connectivity index (χ3n) is 6.33. The maximum absolute atomic E-state index is 6.54. The van der Waals surface area contributed by atoms with Crippen molar-refractivity contribution in [2.45, 2.75) is 105 Å². The van der Waals surface area contributed by atoms with Gasteiger partial charge in [0.25, 0.3) is 0 Å². The molecule has 3 rings (SSSR count). The Bertz CT molecular complexity index is 1150. The summed E-state index contributed by atoms with van der Waals surface area (Å²) < 4.78 is 18.9. The first-order valence-corrected chi connectivity index (χ1v) is 13.3. The topological polar surface area (TPSA) is 61.5 Å². The van der Waals surface area contributed by atoms with Crippen LogP contribution in [0.4, 0.5) is 0 Å². The van der Waals surface area contributed by atoms with Crippen LogP contribution in [0.5, 0.6) is 0 Å². The highest BCUT2D eigenvalue weighted by Crippen LogP contribution is 2.44. The van der Waals surface area contributed by atoms with Gasteiger partial charge in [0, 0.05) is 21.9 Å². The van der Waals surface area contributed by atoms with Crippen LogP contribution >= 0.6 is 8.24 Å². The Balaban J connectivity index is 2.75. The van der Waals surface area contributed by atoms with E-state index in [1.165, 1.54) is 11.1 Å². The largest absolute Gasteiger partial charge is 0.399 e. The van der Waals surface area contributed by atoms with E-state index in [1.54, 1.807) is 0 Å². The number of nitrogens with two attached hydrogens (primary N) is 1. The predicted octanol–water partition coefficient (Wildman–Crippen LogP) is 8.82. The van der Waals surface area contributed by atoms with Crippen molar-refractivity contribution >= 4 is 30.2 Å². The summed E-state index contributed by atoms with van der Waals surface area (Å²) in [6, 6.07) is 9.15. The SMILES string of the molecule is CC(C)(C)c1cc(C(C)(C)C)c2op(OCN)oc3c(C(C)(C)C)cc(C(C)(C)C)cc3c2c1. The molecule has 1 aromatic heterocycles. The van der Waals surface area contributed by atoms with Crippen LogP contribution in [-0.2, 0) is 21.7 Å². The van der Waals surface area contributed by atoms with Gasteiger partial charge in [0.15, 0.2) is 0 Å². The highest BCUT2D eigenvalue weighted by molar-refractivity contribution is 7.31. The third-order valence-corrected chi connectivity index (χ3v) is 7.35. The van der Waals surface area contributed by atoms with E-state index in [-0.39, 0.29) is 28.4 Å².